The zero-order valence-electron chi connectivity index (χ0n) is 25.9. The molecule has 1 aliphatic rings. The third-order valence-electron chi connectivity index (χ3n) is 8.94. The Labute approximate surface area is 271 Å². The topological polar surface area (TPSA) is 9.23 Å². The van der Waals surface area contributed by atoms with Gasteiger partial charge in [-0.15, -0.1) is 0 Å². The number of benzene rings is 4. The number of halogens is 10. The van der Waals surface area contributed by atoms with Crippen LogP contribution in [-0.2, 0) is 12.3 Å². The number of hydrogen-bond donors (Lipinski definition) is 0. The average Bonchev–Trinajstić information content (AvgIpc) is 3.00. The molecule has 1 saturated carbocycles. The lowest BCUT2D eigenvalue weighted by atomic mass is 9.77. The molecule has 0 aliphatic heterocycles. The van der Waals surface area contributed by atoms with E-state index in [0.29, 0.717) is 29.7 Å². The van der Waals surface area contributed by atoms with Gasteiger partial charge in [0.2, 0.25) is 0 Å². The van der Waals surface area contributed by atoms with Gasteiger partial charge in [-0.05, 0) is 96.7 Å². The van der Waals surface area contributed by atoms with Gasteiger partial charge in [-0.2, -0.15) is 22.0 Å². The van der Waals surface area contributed by atoms with E-state index in [-0.39, 0.29) is 17.0 Å². The van der Waals surface area contributed by atoms with Crippen LogP contribution in [0.25, 0.3) is 22.3 Å². The Balaban J connectivity index is 1.28. The van der Waals surface area contributed by atoms with Gasteiger partial charge in [-0.25, -0.2) is 22.0 Å². The first-order chi connectivity index (χ1) is 22.7. The number of alkyl halides is 5. The summed E-state index contributed by atoms with van der Waals surface area (Å²) in [5.41, 5.74) is -3.87. The maximum Gasteiger partial charge on any atom is 0.429 e. The van der Waals surface area contributed by atoms with Crippen molar-refractivity contribution in [1.29, 1.82) is 0 Å². The summed E-state index contributed by atoms with van der Waals surface area (Å²) in [4.78, 5) is 0. The van der Waals surface area contributed by atoms with Gasteiger partial charge < -0.3 is 4.74 Å². The summed E-state index contributed by atoms with van der Waals surface area (Å²) < 4.78 is 147. The molecule has 0 amide bonds. The number of hydrogen-bond acceptors (Lipinski definition) is 1. The Morgan fingerprint density at radius 2 is 1.23 bits per heavy atom. The lowest BCUT2D eigenvalue weighted by Gasteiger charge is -2.29. The first-order valence-electron chi connectivity index (χ1n) is 15.7. The van der Waals surface area contributed by atoms with Crippen LogP contribution in [0.2, 0.25) is 0 Å². The van der Waals surface area contributed by atoms with E-state index in [0.717, 1.165) is 74.6 Å². The van der Waals surface area contributed by atoms with Crippen LogP contribution in [-0.4, -0.2) is 0 Å². The van der Waals surface area contributed by atoms with E-state index in [1.807, 2.05) is 0 Å². The normalized spacial score (nSPS) is 17.1. The van der Waals surface area contributed by atoms with Crippen molar-refractivity contribution >= 4 is 0 Å². The minimum Gasteiger partial charge on any atom is -0.429 e. The highest BCUT2D eigenvalue weighted by atomic mass is 19.4. The monoisotopic (exact) mass is 682 g/mol. The molecule has 0 spiro atoms. The summed E-state index contributed by atoms with van der Waals surface area (Å²) >= 11 is 0. The van der Waals surface area contributed by atoms with Gasteiger partial charge in [0.25, 0.3) is 0 Å². The maximum atomic E-state index is 15.1. The van der Waals surface area contributed by atoms with Crippen LogP contribution in [0.15, 0.2) is 66.7 Å². The molecule has 1 nitrogen and oxygen atoms in total. The van der Waals surface area contributed by atoms with Crippen molar-refractivity contribution < 1.29 is 48.6 Å². The van der Waals surface area contributed by atoms with Gasteiger partial charge >= 0.3 is 12.3 Å². The van der Waals surface area contributed by atoms with Crippen LogP contribution in [0.5, 0.6) is 5.75 Å². The van der Waals surface area contributed by atoms with Gasteiger partial charge in [0.05, 0.1) is 5.56 Å². The number of rotatable bonds is 10. The van der Waals surface area contributed by atoms with Crippen LogP contribution in [0.1, 0.15) is 80.9 Å². The molecule has 256 valence electrons. The zero-order chi connectivity index (χ0) is 34.8. The number of ether oxygens (including phenoxy) is 1. The predicted octanol–water partition coefficient (Wildman–Crippen LogP) is 12.7. The van der Waals surface area contributed by atoms with Crippen LogP contribution < -0.4 is 4.74 Å². The first kappa shape index (κ1) is 35.3. The predicted molar refractivity (Wildman–Crippen MR) is 162 cm³/mol. The lowest BCUT2D eigenvalue weighted by Crippen LogP contribution is -2.24. The molecule has 0 saturated heterocycles. The summed E-state index contributed by atoms with van der Waals surface area (Å²) in [6, 6.07) is 9.69. The highest BCUT2D eigenvalue weighted by Crippen LogP contribution is 2.41. The van der Waals surface area contributed by atoms with Crippen molar-refractivity contribution in [2.75, 3.05) is 0 Å². The second kappa shape index (κ2) is 14.2. The second-order valence-corrected chi connectivity index (χ2v) is 12.2. The Morgan fingerprint density at radius 3 is 1.81 bits per heavy atom. The molecule has 0 heterocycles. The Hall–Kier alpha value is -4.02. The van der Waals surface area contributed by atoms with Crippen molar-refractivity contribution in [2.45, 2.75) is 76.5 Å². The molecular formula is C37H32F10O. The smallest absolute Gasteiger partial charge is 0.429 e. The van der Waals surface area contributed by atoms with E-state index >= 15 is 13.2 Å². The van der Waals surface area contributed by atoms with E-state index in [4.69, 9.17) is 4.74 Å². The highest BCUT2D eigenvalue weighted by molar-refractivity contribution is 5.72. The van der Waals surface area contributed by atoms with Crippen molar-refractivity contribution in [3.05, 3.63) is 113 Å². The highest BCUT2D eigenvalue weighted by Gasteiger charge is 2.39. The van der Waals surface area contributed by atoms with Crippen molar-refractivity contribution in [3.8, 4) is 28.0 Å². The maximum absolute atomic E-state index is 15.1. The van der Waals surface area contributed by atoms with Gasteiger partial charge in [0.15, 0.2) is 0 Å². The Morgan fingerprint density at radius 1 is 0.625 bits per heavy atom. The summed E-state index contributed by atoms with van der Waals surface area (Å²) in [7, 11) is 0. The van der Waals surface area contributed by atoms with E-state index in [9.17, 15) is 30.7 Å². The molecule has 0 aromatic heterocycles. The van der Waals surface area contributed by atoms with Crippen LogP contribution in [0.3, 0.4) is 0 Å². The fourth-order valence-corrected chi connectivity index (χ4v) is 6.40. The van der Waals surface area contributed by atoms with Crippen LogP contribution >= 0.6 is 0 Å². The minimum atomic E-state index is -5.31. The molecule has 5 rings (SSSR count). The molecule has 0 unspecified atom stereocenters. The van der Waals surface area contributed by atoms with Gasteiger partial charge in [0.1, 0.15) is 40.4 Å². The molecule has 11 heteroatoms. The second-order valence-electron chi connectivity index (χ2n) is 12.2. The third kappa shape index (κ3) is 7.81. The van der Waals surface area contributed by atoms with E-state index < -0.39 is 69.4 Å². The van der Waals surface area contributed by atoms with Crippen LogP contribution in [0.4, 0.5) is 43.9 Å². The van der Waals surface area contributed by atoms with Gasteiger partial charge in [-0.3, -0.25) is 0 Å². The SMILES string of the molecule is CCCCCC1CCC(c2ccc(C(F)(F)Oc3ccc(-c4ccc(-c5cc(F)c(C(F)(F)F)c(F)c5)c(F)c4)c(F)c3)c(F)c2)CC1. The zero-order valence-corrected chi connectivity index (χ0v) is 25.9. The molecule has 0 N–H and O–H groups in total. The van der Waals surface area contributed by atoms with Crippen molar-refractivity contribution in [1.82, 2.24) is 0 Å². The van der Waals surface area contributed by atoms with Crippen molar-refractivity contribution in [2.24, 2.45) is 5.92 Å². The fourth-order valence-electron chi connectivity index (χ4n) is 6.40. The molecule has 1 fully saturated rings. The summed E-state index contributed by atoms with van der Waals surface area (Å²) in [6.07, 6.45) is -1.05. The third-order valence-corrected chi connectivity index (χ3v) is 8.94. The largest absolute Gasteiger partial charge is 0.429 e. The summed E-state index contributed by atoms with van der Waals surface area (Å²) in [5.74, 6) is -7.22. The van der Waals surface area contributed by atoms with Gasteiger partial charge in [0, 0.05) is 17.2 Å². The molecule has 4 aromatic carbocycles. The lowest BCUT2D eigenvalue weighted by molar-refractivity contribution is -0.187. The number of unbranched alkanes of at least 4 members (excludes halogenated alkanes) is 2. The Bertz CT molecular complexity index is 1730. The molecular weight excluding hydrogens is 650 g/mol. The molecule has 0 atom stereocenters. The molecule has 48 heavy (non-hydrogen) atoms. The molecule has 0 radical (unpaired) electrons. The molecule has 4 aromatic rings. The van der Waals surface area contributed by atoms with E-state index in [1.165, 1.54) is 25.3 Å². The van der Waals surface area contributed by atoms with Crippen LogP contribution in [0, 0.1) is 35.0 Å². The fraction of sp³-hybridized carbons (Fsp3) is 0.351. The van der Waals surface area contributed by atoms with E-state index in [1.54, 1.807) is 0 Å². The van der Waals surface area contributed by atoms with E-state index in [2.05, 4.69) is 6.92 Å². The standard InChI is InChI=1S/C37H32F10O/c1-2-3-4-5-21-6-8-22(9-7-21)23-11-15-29(32(40)16-23)37(46,47)48-26-12-14-27(31(39)20-26)24-10-13-28(30(38)17-24)25-18-33(41)35(34(42)19-25)36(43,44)45/h10-22H,2-9H2,1H3. The molecule has 0 bridgehead atoms. The van der Waals surface area contributed by atoms with Gasteiger partial charge in [-0.1, -0.05) is 50.8 Å². The average molecular weight is 683 g/mol. The Kier molecular flexibility index (Phi) is 10.5. The minimum absolute atomic E-state index is 0.0725. The summed E-state index contributed by atoms with van der Waals surface area (Å²) in [5, 5.41) is 0. The molecule has 1 aliphatic carbocycles. The first-order valence-corrected chi connectivity index (χ1v) is 15.7. The summed E-state index contributed by atoms with van der Waals surface area (Å²) in [6.45, 7) is 2.15. The van der Waals surface area contributed by atoms with Crippen molar-refractivity contribution in [3.63, 3.8) is 0 Å². The quantitative estimate of drug-likeness (QED) is 0.120.